The molecule has 1 saturated carbocycles. The highest BCUT2D eigenvalue weighted by atomic mass is 16.5. The lowest BCUT2D eigenvalue weighted by atomic mass is 9.83. The Kier molecular flexibility index (Phi) is 24.2. The van der Waals surface area contributed by atoms with Gasteiger partial charge in [-0.3, -0.25) is 0 Å². The molecule has 0 spiro atoms. The number of esters is 2. The van der Waals surface area contributed by atoms with Crippen LogP contribution >= 0.6 is 0 Å². The quantitative estimate of drug-likeness (QED) is 0.0280. The molecule has 1 unspecified atom stereocenters. The van der Waals surface area contributed by atoms with Crippen LogP contribution in [0, 0.1) is 11.8 Å². The first-order valence-corrected chi connectivity index (χ1v) is 23.4. The number of carbonyl (C=O) groups is 2. The molecule has 0 aromatic heterocycles. The zero-order valence-corrected chi connectivity index (χ0v) is 36.4. The maximum Gasteiger partial charge on any atom is 0.390 e. The van der Waals surface area contributed by atoms with E-state index in [0.717, 1.165) is 82.3 Å². The van der Waals surface area contributed by atoms with Gasteiger partial charge in [-0.15, -0.1) is 0 Å². The minimum absolute atomic E-state index is 0.308. The number of hydrogen-bond acceptors (Lipinski definition) is 6. The summed E-state index contributed by atoms with van der Waals surface area (Å²) >= 11 is 0. The summed E-state index contributed by atoms with van der Waals surface area (Å²) in [5.74, 6) is 7.09. The van der Waals surface area contributed by atoms with Crippen molar-refractivity contribution in [2.45, 2.75) is 179 Å². The van der Waals surface area contributed by atoms with E-state index in [9.17, 15) is 9.59 Å². The van der Waals surface area contributed by atoms with Gasteiger partial charge in [0.25, 0.3) is 0 Å². The Labute approximate surface area is 357 Å². The van der Waals surface area contributed by atoms with E-state index in [-0.39, 0.29) is 5.97 Å². The minimum atomic E-state index is -0.550. The minimum Gasteiger partial charge on any atom is -0.494 e. The van der Waals surface area contributed by atoms with Crippen molar-refractivity contribution in [2.24, 2.45) is 0 Å². The van der Waals surface area contributed by atoms with Crippen molar-refractivity contribution in [1.29, 1.82) is 0 Å². The number of unbranched alkanes of at least 4 members (excludes halogenated alkanes) is 16. The van der Waals surface area contributed by atoms with E-state index < -0.39 is 5.97 Å². The highest BCUT2D eigenvalue weighted by Gasteiger charge is 2.23. The lowest BCUT2D eigenvalue weighted by Crippen LogP contribution is -2.21. The van der Waals surface area contributed by atoms with Crippen LogP contribution < -0.4 is 4.74 Å². The number of allylic oxidation sites excluding steroid dienone is 3. The third kappa shape index (κ3) is 20.6. The summed E-state index contributed by atoms with van der Waals surface area (Å²) < 4.78 is 22.9. The molecule has 2 aliphatic carbocycles. The number of rotatable bonds is 28. The molecule has 0 heterocycles. The predicted octanol–water partition coefficient (Wildman–Crippen LogP) is 13.8. The monoisotopic (exact) mass is 807 g/mol. The van der Waals surface area contributed by atoms with Gasteiger partial charge in [0.05, 0.1) is 19.3 Å². The largest absolute Gasteiger partial charge is 0.494 e. The molecule has 0 bridgehead atoms. The first kappa shape index (κ1) is 47.6. The highest BCUT2D eigenvalue weighted by Crippen LogP contribution is 2.35. The molecule has 6 nitrogen and oxygen atoms in total. The van der Waals surface area contributed by atoms with Gasteiger partial charge >= 0.3 is 11.9 Å². The van der Waals surface area contributed by atoms with Gasteiger partial charge in [-0.2, -0.15) is 0 Å². The Balaban J connectivity index is 1.04. The second-order valence-corrected chi connectivity index (χ2v) is 16.6. The molecule has 322 valence electrons. The summed E-state index contributed by atoms with van der Waals surface area (Å²) in [6.07, 6.45) is 37.2. The molecule has 0 radical (unpaired) electrons. The molecule has 1 atom stereocenters. The van der Waals surface area contributed by atoms with Gasteiger partial charge in [-0.1, -0.05) is 146 Å². The molecule has 59 heavy (non-hydrogen) atoms. The van der Waals surface area contributed by atoms with Gasteiger partial charge < -0.3 is 18.9 Å². The van der Waals surface area contributed by atoms with Crippen molar-refractivity contribution in [2.75, 3.05) is 19.8 Å². The lowest BCUT2D eigenvalue weighted by Gasteiger charge is -2.29. The summed E-state index contributed by atoms with van der Waals surface area (Å²) in [5, 5.41) is 0. The van der Waals surface area contributed by atoms with Crippen molar-refractivity contribution < 1.29 is 28.5 Å². The first-order valence-electron chi connectivity index (χ1n) is 23.4. The summed E-state index contributed by atoms with van der Waals surface area (Å²) in [7, 11) is 0. The van der Waals surface area contributed by atoms with Gasteiger partial charge in [0.2, 0.25) is 0 Å². The first-order chi connectivity index (χ1) is 29.0. The van der Waals surface area contributed by atoms with Crippen molar-refractivity contribution in [1.82, 2.24) is 0 Å². The second-order valence-electron chi connectivity index (χ2n) is 16.6. The van der Waals surface area contributed by atoms with Crippen LogP contribution in [0.3, 0.4) is 0 Å². The molecule has 2 aliphatic rings. The molecule has 0 aliphatic heterocycles. The van der Waals surface area contributed by atoms with E-state index in [0.29, 0.717) is 30.3 Å². The summed E-state index contributed by atoms with van der Waals surface area (Å²) in [5.41, 5.74) is 3.33. The molecule has 0 saturated heterocycles. The Hall–Kier alpha value is -4.08. The van der Waals surface area contributed by atoms with Crippen molar-refractivity contribution >= 4 is 11.9 Å². The van der Waals surface area contributed by atoms with Gasteiger partial charge in [0.15, 0.2) is 0 Å². The van der Waals surface area contributed by atoms with E-state index in [4.69, 9.17) is 18.9 Å². The summed E-state index contributed by atoms with van der Waals surface area (Å²) in [6, 6.07) is 16.2. The van der Waals surface area contributed by atoms with Crippen LogP contribution in [-0.4, -0.2) is 37.9 Å². The average molecular weight is 807 g/mol. The smallest absolute Gasteiger partial charge is 0.390 e. The maximum atomic E-state index is 12.6. The van der Waals surface area contributed by atoms with Crippen LogP contribution in [-0.2, 0) is 23.8 Å². The molecular weight excluding hydrogens is 733 g/mol. The predicted molar refractivity (Wildman–Crippen MR) is 241 cm³/mol. The van der Waals surface area contributed by atoms with Crippen LogP contribution in [0.2, 0.25) is 0 Å². The second kappa shape index (κ2) is 30.0. The third-order valence-electron chi connectivity index (χ3n) is 11.8. The van der Waals surface area contributed by atoms with Gasteiger partial charge in [0.1, 0.15) is 11.5 Å². The number of carbonyl (C=O) groups excluding carboxylic acids is 2. The third-order valence-corrected chi connectivity index (χ3v) is 11.8. The van der Waals surface area contributed by atoms with E-state index in [2.05, 4.69) is 67.8 Å². The molecule has 2 aromatic rings. The summed E-state index contributed by atoms with van der Waals surface area (Å²) in [4.78, 5) is 23.6. The molecule has 0 N–H and O–H groups in total. The van der Waals surface area contributed by atoms with Gasteiger partial charge in [-0.05, 0) is 111 Å². The number of benzene rings is 2. The molecule has 2 aromatic carbocycles. The van der Waals surface area contributed by atoms with Gasteiger partial charge in [0, 0.05) is 30.1 Å². The Morgan fingerprint density at radius 2 is 1.25 bits per heavy atom. The van der Waals surface area contributed by atoms with Crippen LogP contribution in [0.1, 0.15) is 190 Å². The lowest BCUT2D eigenvalue weighted by molar-refractivity contribution is -0.137. The Morgan fingerprint density at radius 3 is 1.88 bits per heavy atom. The van der Waals surface area contributed by atoms with Crippen molar-refractivity contribution in [3.05, 3.63) is 102 Å². The van der Waals surface area contributed by atoms with E-state index >= 15 is 0 Å². The topological polar surface area (TPSA) is 71.1 Å². The standard InChI is InChI=1S/C53H74O6/c1-3-5-6-7-8-10-13-17-20-42-57-50-36-31-47(32-37-50)48-33-38-51(39-34-48)59-53(55)40-27-44-25-28-46(29-26-44)45-23-22-24-49(35-30-45)56-41-19-16-14-11-9-12-15-18-21-43-58-52(54)4-2/h4,24-26,28-30,33-35,38-39,45,47,50H,2-3,5-23,31-32,36-37,41-43H2,1H3. The number of hydrogen-bond donors (Lipinski definition) is 0. The van der Waals surface area contributed by atoms with Crippen LogP contribution in [0.25, 0.3) is 0 Å². The zero-order chi connectivity index (χ0) is 41.6. The van der Waals surface area contributed by atoms with Crippen LogP contribution in [0.4, 0.5) is 0 Å². The fourth-order valence-corrected chi connectivity index (χ4v) is 8.13. The number of ether oxygens (including phenoxy) is 4. The Morgan fingerprint density at radius 1 is 0.678 bits per heavy atom. The van der Waals surface area contributed by atoms with E-state index in [1.54, 1.807) is 0 Å². The van der Waals surface area contributed by atoms with Crippen LogP contribution in [0.15, 0.2) is 85.2 Å². The Bertz CT molecular complexity index is 1580. The maximum absolute atomic E-state index is 12.6. The fourth-order valence-electron chi connectivity index (χ4n) is 8.13. The normalized spacial score (nSPS) is 17.6. The summed E-state index contributed by atoms with van der Waals surface area (Å²) in [6.45, 7) is 7.83. The average Bonchev–Trinajstić information content (AvgIpc) is 3.51. The zero-order valence-electron chi connectivity index (χ0n) is 36.4. The van der Waals surface area contributed by atoms with E-state index in [1.807, 2.05) is 24.3 Å². The van der Waals surface area contributed by atoms with E-state index in [1.165, 1.54) is 114 Å². The molecule has 6 heteroatoms. The van der Waals surface area contributed by atoms with Crippen molar-refractivity contribution in [3.63, 3.8) is 0 Å². The fraction of sp³-hybridized carbons (Fsp3) is 0.585. The SMILES string of the molecule is C=CC(=O)OCCCCCCCCCCCOC1=CCCC(c2ccc(C#CC(=O)Oc3ccc(C4CCC(OCCCCCCCCCCC)CC4)cc3)cc2)C=C1. The van der Waals surface area contributed by atoms with Crippen molar-refractivity contribution in [3.8, 4) is 17.6 Å². The molecule has 1 fully saturated rings. The highest BCUT2D eigenvalue weighted by molar-refractivity contribution is 5.90. The molecular formula is C53H74O6. The molecule has 0 amide bonds. The van der Waals surface area contributed by atoms with Gasteiger partial charge in [-0.25, -0.2) is 9.59 Å². The molecule has 4 rings (SSSR count). The van der Waals surface area contributed by atoms with Crippen LogP contribution in [0.5, 0.6) is 5.75 Å².